The van der Waals surface area contributed by atoms with E-state index in [0.717, 1.165) is 17.5 Å². The third-order valence-electron chi connectivity index (χ3n) is 7.75. The van der Waals surface area contributed by atoms with Crippen LogP contribution in [0.2, 0.25) is 0 Å². The Labute approximate surface area is 198 Å². The Morgan fingerprint density at radius 2 is 1.65 bits per heavy atom. The summed E-state index contributed by atoms with van der Waals surface area (Å²) in [7, 11) is 0. The number of carbonyl (C=O) groups is 3. The van der Waals surface area contributed by atoms with Crippen molar-refractivity contribution in [3.8, 4) is 11.1 Å². The minimum atomic E-state index is -1.02. The Morgan fingerprint density at radius 1 is 1.03 bits per heavy atom. The number of fused-ring (bicyclic) bond motifs is 4. The number of carboxylic acids is 1. The van der Waals surface area contributed by atoms with Gasteiger partial charge in [0.2, 0.25) is 5.91 Å². The summed E-state index contributed by atoms with van der Waals surface area (Å²) >= 11 is 0. The van der Waals surface area contributed by atoms with Crippen LogP contribution in [-0.4, -0.2) is 41.8 Å². The van der Waals surface area contributed by atoms with Gasteiger partial charge in [-0.1, -0.05) is 62.4 Å². The van der Waals surface area contributed by atoms with Gasteiger partial charge in [-0.2, -0.15) is 0 Å². The van der Waals surface area contributed by atoms with Gasteiger partial charge in [0, 0.05) is 12.0 Å². The SMILES string of the molecule is CC(C)[C@@H](NC(=O)[C@]12C[C@H](NC(=O)OCC3c4ccccc4-c4ccccc43)C[C@H]1C2)C(=O)O. The molecule has 0 heterocycles. The number of ether oxygens (including phenoxy) is 1. The molecule has 2 aromatic carbocycles. The van der Waals surface area contributed by atoms with Gasteiger partial charge in [-0.15, -0.1) is 0 Å². The van der Waals surface area contributed by atoms with E-state index in [1.807, 2.05) is 24.3 Å². The van der Waals surface area contributed by atoms with E-state index in [1.54, 1.807) is 13.8 Å². The summed E-state index contributed by atoms with van der Waals surface area (Å²) in [5.74, 6) is -1.27. The zero-order valence-corrected chi connectivity index (χ0v) is 19.4. The van der Waals surface area contributed by atoms with Crippen LogP contribution >= 0.6 is 0 Å². The molecule has 2 saturated carbocycles. The van der Waals surface area contributed by atoms with Crippen LogP contribution in [0.25, 0.3) is 11.1 Å². The highest BCUT2D eigenvalue weighted by Crippen LogP contribution is 2.63. The Hall–Kier alpha value is -3.35. The maximum absolute atomic E-state index is 12.9. The van der Waals surface area contributed by atoms with Crippen molar-refractivity contribution in [2.24, 2.45) is 17.3 Å². The quantitative estimate of drug-likeness (QED) is 0.579. The Bertz CT molecular complexity index is 1100. The molecule has 0 saturated heterocycles. The summed E-state index contributed by atoms with van der Waals surface area (Å²) in [6.07, 6.45) is 1.48. The van der Waals surface area contributed by atoms with Gasteiger partial charge in [-0.3, -0.25) is 4.79 Å². The number of hydrogen-bond donors (Lipinski definition) is 3. The molecule has 3 aliphatic rings. The minimum absolute atomic E-state index is 0.00348. The predicted molar refractivity (Wildman–Crippen MR) is 126 cm³/mol. The standard InChI is InChI=1S/C27H30N2O5/c1-15(2)23(24(30)31)29-25(32)27-12-16(27)11-17(13-27)28-26(33)34-14-22-20-9-5-3-7-18(20)19-8-4-6-10-21(19)22/h3-10,15-17,22-23H,11-14H2,1-2H3,(H,28,33)(H,29,32)(H,30,31)/t16-,17+,23+,27+/m0/s1. The van der Waals surface area contributed by atoms with Crippen molar-refractivity contribution in [2.45, 2.75) is 51.1 Å². The third-order valence-corrected chi connectivity index (χ3v) is 7.75. The molecule has 178 valence electrons. The number of nitrogens with one attached hydrogen (secondary N) is 2. The number of amides is 2. The molecule has 2 fully saturated rings. The summed E-state index contributed by atoms with van der Waals surface area (Å²) < 4.78 is 5.64. The third kappa shape index (κ3) is 3.83. The zero-order chi connectivity index (χ0) is 24.0. The first-order valence-corrected chi connectivity index (χ1v) is 12.0. The molecular formula is C27H30N2O5. The van der Waals surface area contributed by atoms with Gasteiger partial charge < -0.3 is 20.5 Å². The second-order valence-electron chi connectivity index (χ2n) is 10.2. The fourth-order valence-electron chi connectivity index (χ4n) is 5.89. The molecule has 0 aliphatic heterocycles. The number of rotatable bonds is 7. The number of aliphatic carboxylic acids is 1. The normalized spacial score (nSPS) is 25.1. The molecule has 4 atom stereocenters. The lowest BCUT2D eigenvalue weighted by Crippen LogP contribution is -2.48. The van der Waals surface area contributed by atoms with Crippen LogP contribution in [0.3, 0.4) is 0 Å². The Morgan fingerprint density at radius 3 is 2.24 bits per heavy atom. The average molecular weight is 463 g/mol. The molecular weight excluding hydrogens is 432 g/mol. The fraction of sp³-hybridized carbons (Fsp3) is 0.444. The monoisotopic (exact) mass is 462 g/mol. The lowest BCUT2D eigenvalue weighted by Gasteiger charge is -2.22. The van der Waals surface area contributed by atoms with Crippen molar-refractivity contribution in [3.63, 3.8) is 0 Å². The van der Waals surface area contributed by atoms with Crippen molar-refractivity contribution < 1.29 is 24.2 Å². The van der Waals surface area contributed by atoms with E-state index in [9.17, 15) is 19.5 Å². The summed E-state index contributed by atoms with van der Waals surface area (Å²) in [5.41, 5.74) is 4.11. The average Bonchev–Trinajstić information content (AvgIpc) is 3.24. The highest BCUT2D eigenvalue weighted by molar-refractivity contribution is 5.90. The van der Waals surface area contributed by atoms with E-state index in [-0.39, 0.29) is 36.3 Å². The molecule has 7 nitrogen and oxygen atoms in total. The first-order chi connectivity index (χ1) is 16.3. The molecule has 0 bridgehead atoms. The van der Waals surface area contributed by atoms with Crippen LogP contribution in [0.5, 0.6) is 0 Å². The molecule has 2 aromatic rings. The van der Waals surface area contributed by atoms with Crippen LogP contribution in [0.1, 0.15) is 50.2 Å². The number of hydrogen-bond acceptors (Lipinski definition) is 4. The molecule has 3 N–H and O–H groups in total. The Kier molecular flexibility index (Phi) is 5.58. The molecule has 0 radical (unpaired) electrons. The van der Waals surface area contributed by atoms with Gasteiger partial charge in [-0.25, -0.2) is 9.59 Å². The van der Waals surface area contributed by atoms with Crippen molar-refractivity contribution in [1.82, 2.24) is 10.6 Å². The predicted octanol–water partition coefficient (Wildman–Crippen LogP) is 3.92. The lowest BCUT2D eigenvalue weighted by atomic mass is 9.98. The van der Waals surface area contributed by atoms with E-state index in [0.29, 0.717) is 12.8 Å². The molecule has 2 amide bonds. The van der Waals surface area contributed by atoms with E-state index in [2.05, 4.69) is 34.9 Å². The second-order valence-corrected chi connectivity index (χ2v) is 10.2. The van der Waals surface area contributed by atoms with Crippen LogP contribution in [0.4, 0.5) is 4.79 Å². The van der Waals surface area contributed by atoms with Gasteiger partial charge in [0.25, 0.3) is 0 Å². The van der Waals surface area contributed by atoms with Gasteiger partial charge in [-0.05, 0) is 53.4 Å². The van der Waals surface area contributed by atoms with E-state index in [4.69, 9.17) is 4.74 Å². The van der Waals surface area contributed by atoms with Gasteiger partial charge in [0.1, 0.15) is 12.6 Å². The summed E-state index contributed by atoms with van der Waals surface area (Å²) in [4.78, 5) is 37.0. The van der Waals surface area contributed by atoms with Gasteiger partial charge >= 0.3 is 12.1 Å². The van der Waals surface area contributed by atoms with Gasteiger partial charge in [0.05, 0.1) is 5.41 Å². The molecule has 34 heavy (non-hydrogen) atoms. The van der Waals surface area contributed by atoms with Crippen LogP contribution in [-0.2, 0) is 14.3 Å². The molecule has 0 spiro atoms. The fourth-order valence-corrected chi connectivity index (χ4v) is 5.89. The maximum atomic E-state index is 12.9. The highest BCUT2D eigenvalue weighted by atomic mass is 16.5. The van der Waals surface area contributed by atoms with Crippen LogP contribution in [0.15, 0.2) is 48.5 Å². The first-order valence-electron chi connectivity index (χ1n) is 12.0. The van der Waals surface area contributed by atoms with Crippen molar-refractivity contribution in [3.05, 3.63) is 59.7 Å². The summed E-state index contributed by atoms with van der Waals surface area (Å²) in [6.45, 7) is 3.80. The molecule has 0 aromatic heterocycles. The first kappa shape index (κ1) is 22.4. The second kappa shape index (κ2) is 8.46. The molecule has 7 heteroatoms. The molecule has 5 rings (SSSR count). The maximum Gasteiger partial charge on any atom is 0.407 e. The van der Waals surface area contributed by atoms with Crippen LogP contribution < -0.4 is 10.6 Å². The van der Waals surface area contributed by atoms with Crippen LogP contribution in [0, 0.1) is 17.3 Å². The summed E-state index contributed by atoms with van der Waals surface area (Å²) in [5, 5.41) is 15.0. The van der Waals surface area contributed by atoms with Gasteiger partial charge in [0.15, 0.2) is 0 Å². The molecule has 0 unspecified atom stereocenters. The zero-order valence-electron chi connectivity index (χ0n) is 19.4. The number of alkyl carbamates (subject to hydrolysis) is 1. The number of carboxylic acid groups (broad SMARTS) is 1. The molecule has 3 aliphatic carbocycles. The van der Waals surface area contributed by atoms with E-state index < -0.39 is 23.5 Å². The number of carbonyl (C=O) groups excluding carboxylic acids is 2. The largest absolute Gasteiger partial charge is 0.480 e. The number of benzene rings is 2. The minimum Gasteiger partial charge on any atom is -0.480 e. The summed E-state index contributed by atoms with van der Waals surface area (Å²) in [6, 6.07) is 15.3. The smallest absolute Gasteiger partial charge is 0.407 e. The topological polar surface area (TPSA) is 105 Å². The Balaban J connectivity index is 1.17. The van der Waals surface area contributed by atoms with Crippen molar-refractivity contribution in [2.75, 3.05) is 6.61 Å². The highest BCUT2D eigenvalue weighted by Gasteiger charge is 2.65. The van der Waals surface area contributed by atoms with E-state index in [1.165, 1.54) is 11.1 Å². The van der Waals surface area contributed by atoms with Crippen molar-refractivity contribution >= 4 is 18.0 Å². The van der Waals surface area contributed by atoms with E-state index >= 15 is 0 Å². The lowest BCUT2D eigenvalue weighted by molar-refractivity contribution is -0.144. The van der Waals surface area contributed by atoms with Crippen molar-refractivity contribution in [1.29, 1.82) is 0 Å².